The first-order chi connectivity index (χ1) is 9.91. The number of nitrogens with zero attached hydrogens (tertiary/aromatic N) is 2. The molecule has 0 amide bonds. The van der Waals surface area contributed by atoms with Crippen LogP contribution >= 0.6 is 12.6 Å². The Bertz CT molecular complexity index is 716. The molecular formula is C13H17FN4O2S. The highest BCUT2D eigenvalue weighted by Gasteiger charge is 2.49. The van der Waals surface area contributed by atoms with Gasteiger partial charge in [0.05, 0.1) is 11.8 Å². The molecule has 3 heterocycles. The number of hydrogen-bond acceptors (Lipinski definition) is 5. The van der Waals surface area contributed by atoms with Crippen molar-refractivity contribution >= 4 is 23.7 Å². The maximum atomic E-state index is 14.6. The average molecular weight is 312 g/mol. The van der Waals surface area contributed by atoms with Crippen LogP contribution in [0.3, 0.4) is 0 Å². The molecule has 1 saturated heterocycles. The minimum Gasteiger partial charge on any atom is -0.388 e. The van der Waals surface area contributed by atoms with E-state index in [0.717, 1.165) is 5.56 Å². The highest BCUT2D eigenvalue weighted by atomic mass is 32.1. The monoisotopic (exact) mass is 312 g/mol. The normalized spacial score (nSPS) is 28.3. The van der Waals surface area contributed by atoms with E-state index in [9.17, 15) is 14.3 Å². The van der Waals surface area contributed by atoms with E-state index in [0.29, 0.717) is 17.6 Å². The Morgan fingerprint density at radius 2 is 2.43 bits per heavy atom. The molecular weight excluding hydrogens is 295 g/mol. The smallest absolute Gasteiger partial charge is 0.275 e. The number of halogens is 1. The third-order valence-electron chi connectivity index (χ3n) is 4.09. The second kappa shape index (κ2) is 5.11. The van der Waals surface area contributed by atoms with Crippen LogP contribution in [0.25, 0.3) is 11.0 Å². The van der Waals surface area contributed by atoms with Crippen molar-refractivity contribution in [2.24, 2.45) is 0 Å². The zero-order valence-corrected chi connectivity index (χ0v) is 12.4. The molecule has 1 unspecified atom stereocenters. The number of aliphatic hydroxyl groups excluding tert-OH is 1. The number of nitrogens with one attached hydrogen (secondary N) is 2. The number of aromatic nitrogens is 3. The maximum Gasteiger partial charge on any atom is 0.275 e. The Balaban J connectivity index is 1.84. The number of alkyl halides is 1. The van der Waals surface area contributed by atoms with E-state index < -0.39 is 17.0 Å². The lowest BCUT2D eigenvalue weighted by molar-refractivity contribution is 0.0334. The van der Waals surface area contributed by atoms with Crippen molar-refractivity contribution in [2.45, 2.75) is 30.5 Å². The number of likely N-dealkylation sites (tertiary alicyclic amines) is 1. The van der Waals surface area contributed by atoms with E-state index in [4.69, 9.17) is 0 Å². The minimum atomic E-state index is -1.72. The van der Waals surface area contributed by atoms with Crippen molar-refractivity contribution in [2.75, 3.05) is 13.1 Å². The van der Waals surface area contributed by atoms with Crippen LogP contribution in [0.2, 0.25) is 0 Å². The molecule has 3 N–H and O–H groups in total. The van der Waals surface area contributed by atoms with Gasteiger partial charge >= 0.3 is 0 Å². The molecule has 0 aliphatic carbocycles. The fraction of sp³-hybridized carbons (Fsp3) is 0.538. The van der Waals surface area contributed by atoms with Crippen LogP contribution in [0.1, 0.15) is 12.5 Å². The predicted octanol–water partition coefficient (Wildman–Crippen LogP) is 0.454. The summed E-state index contributed by atoms with van der Waals surface area (Å²) in [5.41, 5.74) is -0.180. The van der Waals surface area contributed by atoms with Crippen molar-refractivity contribution in [1.29, 1.82) is 0 Å². The van der Waals surface area contributed by atoms with Crippen LogP contribution in [0, 0.1) is 0 Å². The summed E-state index contributed by atoms with van der Waals surface area (Å²) < 4.78 is 14.6. The summed E-state index contributed by atoms with van der Waals surface area (Å²) >= 11 is 4.14. The molecule has 1 fully saturated rings. The SMILES string of the molecule is CC(S)[C@]1(F)CN(Cc2c[nH]c3c(=O)[nH]cnc23)C[C@H]1O. The Labute approximate surface area is 125 Å². The second-order valence-corrected chi connectivity index (χ2v) is 6.33. The van der Waals surface area contributed by atoms with Crippen molar-refractivity contribution in [3.8, 4) is 0 Å². The number of hydrogen-bond donors (Lipinski definition) is 4. The third kappa shape index (κ3) is 2.37. The molecule has 0 bridgehead atoms. The zero-order chi connectivity index (χ0) is 15.2. The van der Waals surface area contributed by atoms with Crippen molar-refractivity contribution < 1.29 is 9.50 Å². The lowest BCUT2D eigenvalue weighted by atomic mass is 9.99. The summed E-state index contributed by atoms with van der Waals surface area (Å²) in [4.78, 5) is 23.0. The average Bonchev–Trinajstić information content (AvgIpc) is 2.95. The molecule has 3 atom stereocenters. The standard InChI is InChI=1S/C13H17FN4O2S/c1-7(21)13(14)5-18(4-9(13)19)3-8-2-15-11-10(8)16-6-17-12(11)20/h2,6-7,9,15,19,21H,3-5H2,1H3,(H,16,17,20)/t7?,9-,13-/m1/s1. The van der Waals surface area contributed by atoms with Gasteiger partial charge in [-0.3, -0.25) is 9.69 Å². The fourth-order valence-corrected chi connectivity index (χ4v) is 3.06. The number of β-amino-alcohol motifs (C(OH)–C–C–N with tert-alkyl or cyclic N) is 1. The van der Waals surface area contributed by atoms with Crippen molar-refractivity contribution in [3.63, 3.8) is 0 Å². The summed E-state index contributed by atoms with van der Waals surface area (Å²) in [7, 11) is 0. The first-order valence-electron chi connectivity index (χ1n) is 6.73. The topological polar surface area (TPSA) is 85.0 Å². The van der Waals surface area contributed by atoms with Gasteiger partial charge in [-0.05, 0) is 0 Å². The Morgan fingerprint density at radius 1 is 1.67 bits per heavy atom. The second-order valence-electron chi connectivity index (χ2n) is 5.56. The summed E-state index contributed by atoms with van der Waals surface area (Å²) in [6.45, 7) is 2.40. The van der Waals surface area contributed by atoms with Gasteiger partial charge in [-0.1, -0.05) is 6.92 Å². The molecule has 3 rings (SSSR count). The largest absolute Gasteiger partial charge is 0.388 e. The molecule has 2 aromatic rings. The number of aliphatic hydroxyl groups is 1. The van der Waals surface area contributed by atoms with Gasteiger partial charge in [0, 0.05) is 36.6 Å². The number of H-pyrrole nitrogens is 2. The third-order valence-corrected chi connectivity index (χ3v) is 4.52. The zero-order valence-electron chi connectivity index (χ0n) is 11.5. The highest BCUT2D eigenvalue weighted by Crippen LogP contribution is 2.33. The molecule has 2 aromatic heterocycles. The van der Waals surface area contributed by atoms with Gasteiger partial charge in [-0.2, -0.15) is 12.6 Å². The molecule has 1 aliphatic heterocycles. The summed E-state index contributed by atoms with van der Waals surface area (Å²) in [6.07, 6.45) is 1.98. The molecule has 0 radical (unpaired) electrons. The minimum absolute atomic E-state index is 0.106. The summed E-state index contributed by atoms with van der Waals surface area (Å²) in [5, 5.41) is 9.38. The first-order valence-corrected chi connectivity index (χ1v) is 7.24. The first kappa shape index (κ1) is 14.6. The predicted molar refractivity (Wildman–Crippen MR) is 80.3 cm³/mol. The van der Waals surface area contributed by atoms with Gasteiger partial charge < -0.3 is 15.1 Å². The van der Waals surface area contributed by atoms with Crippen LogP contribution in [0.4, 0.5) is 4.39 Å². The van der Waals surface area contributed by atoms with Gasteiger partial charge in [-0.25, -0.2) is 9.37 Å². The number of fused-ring (bicyclic) bond motifs is 1. The van der Waals surface area contributed by atoms with Gasteiger partial charge in [0.1, 0.15) is 11.6 Å². The van der Waals surface area contributed by atoms with Crippen molar-refractivity contribution in [1.82, 2.24) is 19.9 Å². The molecule has 0 aromatic carbocycles. The van der Waals surface area contributed by atoms with Gasteiger partial charge in [-0.15, -0.1) is 0 Å². The molecule has 1 aliphatic rings. The maximum absolute atomic E-state index is 14.6. The van der Waals surface area contributed by atoms with E-state index >= 15 is 0 Å². The van der Waals surface area contributed by atoms with Crippen LogP contribution in [0.15, 0.2) is 17.3 Å². The van der Waals surface area contributed by atoms with Crippen LogP contribution in [-0.4, -0.2) is 55.1 Å². The fourth-order valence-electron chi connectivity index (χ4n) is 2.81. The van der Waals surface area contributed by atoms with E-state index in [2.05, 4.69) is 27.6 Å². The van der Waals surface area contributed by atoms with Crippen LogP contribution in [-0.2, 0) is 6.54 Å². The Morgan fingerprint density at radius 3 is 3.10 bits per heavy atom. The number of aromatic amines is 2. The van der Waals surface area contributed by atoms with Crippen LogP contribution < -0.4 is 5.56 Å². The van der Waals surface area contributed by atoms with Gasteiger partial charge in [0.25, 0.3) is 5.56 Å². The lowest BCUT2D eigenvalue weighted by Crippen LogP contribution is -2.44. The molecule has 8 heteroatoms. The lowest BCUT2D eigenvalue weighted by Gasteiger charge is -2.26. The van der Waals surface area contributed by atoms with Gasteiger partial charge in [0.2, 0.25) is 0 Å². The Hall–Kier alpha value is -1.38. The molecule has 21 heavy (non-hydrogen) atoms. The number of rotatable bonds is 3. The van der Waals surface area contributed by atoms with Gasteiger partial charge in [0.15, 0.2) is 5.67 Å². The van der Waals surface area contributed by atoms with Crippen LogP contribution in [0.5, 0.6) is 0 Å². The molecule has 0 spiro atoms. The molecule has 6 nitrogen and oxygen atoms in total. The quantitative estimate of drug-likeness (QED) is 0.620. The number of thiol groups is 1. The summed E-state index contributed by atoms with van der Waals surface area (Å²) in [6, 6.07) is 0. The van der Waals surface area contributed by atoms with Crippen molar-refractivity contribution in [3.05, 3.63) is 28.4 Å². The summed E-state index contributed by atoms with van der Waals surface area (Å²) in [5.74, 6) is 0. The molecule has 0 saturated carbocycles. The molecule has 114 valence electrons. The van der Waals surface area contributed by atoms with E-state index in [-0.39, 0.29) is 18.6 Å². The Kier molecular flexibility index (Phi) is 3.54. The van der Waals surface area contributed by atoms with E-state index in [1.54, 1.807) is 13.1 Å². The highest BCUT2D eigenvalue weighted by molar-refractivity contribution is 7.81. The van der Waals surface area contributed by atoms with E-state index in [1.807, 2.05) is 4.90 Å². The van der Waals surface area contributed by atoms with E-state index in [1.165, 1.54) is 6.33 Å².